The van der Waals surface area contributed by atoms with Crippen LogP contribution in [-0.2, 0) is 9.53 Å². The molecule has 0 bridgehead atoms. The van der Waals surface area contributed by atoms with Crippen molar-refractivity contribution in [1.82, 2.24) is 9.97 Å². The topological polar surface area (TPSA) is 81.2 Å². The van der Waals surface area contributed by atoms with Crippen LogP contribution in [0.3, 0.4) is 0 Å². The summed E-state index contributed by atoms with van der Waals surface area (Å²) in [6.07, 6.45) is 1.14. The zero-order chi connectivity index (χ0) is 18.9. The maximum atomic E-state index is 12.0. The Bertz CT molecular complexity index is 743. The SMILES string of the molecule is CCOC(=O)c1ccc(NC(=O)CCCSc2nc(C)cc(C)n2)cc1. The molecule has 0 atom stereocenters. The molecule has 6 nitrogen and oxygen atoms in total. The molecular weight excluding hydrogens is 350 g/mol. The molecule has 0 aliphatic carbocycles. The Morgan fingerprint density at radius 1 is 1.12 bits per heavy atom. The summed E-state index contributed by atoms with van der Waals surface area (Å²) in [5.74, 6) is 0.352. The first-order valence-electron chi connectivity index (χ1n) is 8.50. The van der Waals surface area contributed by atoms with E-state index in [1.807, 2.05) is 19.9 Å². The molecule has 0 saturated heterocycles. The first-order valence-corrected chi connectivity index (χ1v) is 9.48. The Morgan fingerprint density at radius 2 is 1.77 bits per heavy atom. The summed E-state index contributed by atoms with van der Waals surface area (Å²) in [6.45, 7) is 5.98. The van der Waals surface area contributed by atoms with E-state index in [0.29, 0.717) is 24.3 Å². The largest absolute Gasteiger partial charge is 0.462 e. The van der Waals surface area contributed by atoms with Crippen LogP contribution in [0.1, 0.15) is 41.5 Å². The molecule has 1 aromatic heterocycles. The lowest BCUT2D eigenvalue weighted by Crippen LogP contribution is -2.12. The highest BCUT2D eigenvalue weighted by atomic mass is 32.2. The lowest BCUT2D eigenvalue weighted by molar-refractivity contribution is -0.116. The fourth-order valence-corrected chi connectivity index (χ4v) is 3.17. The van der Waals surface area contributed by atoms with Crippen LogP contribution in [0.25, 0.3) is 0 Å². The van der Waals surface area contributed by atoms with Crippen molar-refractivity contribution in [1.29, 1.82) is 0 Å². The number of nitrogens with one attached hydrogen (secondary N) is 1. The van der Waals surface area contributed by atoms with Crippen LogP contribution in [0.5, 0.6) is 0 Å². The smallest absolute Gasteiger partial charge is 0.338 e. The standard InChI is InChI=1S/C19H23N3O3S/c1-4-25-18(24)15-7-9-16(10-8-15)22-17(23)6-5-11-26-19-20-13(2)12-14(3)21-19/h7-10,12H,4-6,11H2,1-3H3,(H,22,23). The second kappa shape index (κ2) is 9.91. The van der Waals surface area contributed by atoms with Gasteiger partial charge in [-0.2, -0.15) is 0 Å². The van der Waals surface area contributed by atoms with Crippen molar-refractivity contribution in [3.63, 3.8) is 0 Å². The highest BCUT2D eigenvalue weighted by molar-refractivity contribution is 7.99. The predicted octanol–water partition coefficient (Wildman–Crippen LogP) is 3.78. The average Bonchev–Trinajstić information content (AvgIpc) is 2.59. The highest BCUT2D eigenvalue weighted by Gasteiger charge is 2.08. The molecule has 7 heteroatoms. The number of nitrogens with zero attached hydrogens (tertiary/aromatic N) is 2. The number of aryl methyl sites for hydroxylation is 2. The Morgan fingerprint density at radius 3 is 2.38 bits per heavy atom. The molecule has 138 valence electrons. The maximum Gasteiger partial charge on any atom is 0.338 e. The van der Waals surface area contributed by atoms with Crippen molar-refractivity contribution in [3.05, 3.63) is 47.3 Å². The number of thioether (sulfide) groups is 1. The molecule has 2 rings (SSSR count). The van der Waals surface area contributed by atoms with E-state index < -0.39 is 0 Å². The number of rotatable bonds is 8. The lowest BCUT2D eigenvalue weighted by Gasteiger charge is -2.07. The van der Waals surface area contributed by atoms with Crippen molar-refractivity contribution in [3.8, 4) is 0 Å². The number of carbonyl (C=O) groups is 2. The van der Waals surface area contributed by atoms with Gasteiger partial charge in [0.1, 0.15) is 0 Å². The summed E-state index contributed by atoms with van der Waals surface area (Å²) >= 11 is 1.55. The van der Waals surface area contributed by atoms with E-state index in [9.17, 15) is 9.59 Å². The number of amides is 1. The second-order valence-electron chi connectivity index (χ2n) is 5.73. The van der Waals surface area contributed by atoms with Crippen molar-refractivity contribution in [2.75, 3.05) is 17.7 Å². The molecule has 1 aromatic carbocycles. The minimum Gasteiger partial charge on any atom is -0.462 e. The van der Waals surface area contributed by atoms with Crippen molar-refractivity contribution < 1.29 is 14.3 Å². The summed E-state index contributed by atoms with van der Waals surface area (Å²) in [7, 11) is 0. The van der Waals surface area contributed by atoms with Crippen LogP contribution in [0.2, 0.25) is 0 Å². The van der Waals surface area contributed by atoms with Gasteiger partial charge in [-0.25, -0.2) is 14.8 Å². The molecule has 0 unspecified atom stereocenters. The molecule has 0 aliphatic heterocycles. The van der Waals surface area contributed by atoms with Gasteiger partial charge in [-0.3, -0.25) is 4.79 Å². The van der Waals surface area contributed by atoms with Crippen molar-refractivity contribution in [2.45, 2.75) is 38.8 Å². The maximum absolute atomic E-state index is 12.0. The van der Waals surface area contributed by atoms with Gasteiger partial charge < -0.3 is 10.1 Å². The number of hydrogen-bond acceptors (Lipinski definition) is 6. The number of ether oxygens (including phenoxy) is 1. The zero-order valence-corrected chi connectivity index (χ0v) is 16.1. The van der Waals surface area contributed by atoms with Gasteiger partial charge in [0.15, 0.2) is 5.16 Å². The molecule has 2 aromatic rings. The minimum atomic E-state index is -0.365. The Balaban J connectivity index is 1.74. The zero-order valence-electron chi connectivity index (χ0n) is 15.2. The third-order valence-corrected chi connectivity index (χ3v) is 4.35. The van der Waals surface area contributed by atoms with Crippen LogP contribution in [0, 0.1) is 13.8 Å². The van der Waals surface area contributed by atoms with E-state index in [2.05, 4.69) is 15.3 Å². The molecule has 0 saturated carbocycles. The summed E-state index contributed by atoms with van der Waals surface area (Å²) in [6, 6.07) is 8.61. The molecule has 0 aliphatic rings. The molecule has 0 radical (unpaired) electrons. The molecule has 1 amide bonds. The predicted molar refractivity (Wildman–Crippen MR) is 102 cm³/mol. The van der Waals surface area contributed by atoms with Crippen LogP contribution in [-0.4, -0.2) is 34.2 Å². The van der Waals surface area contributed by atoms with Crippen LogP contribution < -0.4 is 5.32 Å². The minimum absolute atomic E-state index is 0.0594. The third kappa shape index (κ3) is 6.48. The fourth-order valence-electron chi connectivity index (χ4n) is 2.28. The van der Waals surface area contributed by atoms with Gasteiger partial charge in [0.05, 0.1) is 12.2 Å². The second-order valence-corrected chi connectivity index (χ2v) is 6.79. The molecule has 1 N–H and O–H groups in total. The van der Waals surface area contributed by atoms with Gasteiger partial charge in [0.2, 0.25) is 5.91 Å². The number of hydrogen-bond donors (Lipinski definition) is 1. The highest BCUT2D eigenvalue weighted by Crippen LogP contribution is 2.16. The van der Waals surface area contributed by atoms with Crippen molar-refractivity contribution in [2.24, 2.45) is 0 Å². The number of esters is 1. The van der Waals surface area contributed by atoms with Gasteiger partial charge >= 0.3 is 5.97 Å². The summed E-state index contributed by atoms with van der Waals surface area (Å²) in [4.78, 5) is 32.3. The summed E-state index contributed by atoms with van der Waals surface area (Å²) < 4.78 is 4.93. The molecule has 26 heavy (non-hydrogen) atoms. The van der Waals surface area contributed by atoms with Gasteiger partial charge in [0.25, 0.3) is 0 Å². The summed E-state index contributed by atoms with van der Waals surface area (Å²) in [5.41, 5.74) is 3.02. The average molecular weight is 373 g/mol. The van der Waals surface area contributed by atoms with E-state index in [1.54, 1.807) is 43.0 Å². The molecular formula is C19H23N3O3S. The first-order chi connectivity index (χ1) is 12.5. The van der Waals surface area contributed by atoms with E-state index in [0.717, 1.165) is 28.7 Å². The fraction of sp³-hybridized carbons (Fsp3) is 0.368. The van der Waals surface area contributed by atoms with Crippen LogP contribution in [0.4, 0.5) is 5.69 Å². The number of carbonyl (C=O) groups excluding carboxylic acids is 2. The lowest BCUT2D eigenvalue weighted by atomic mass is 10.2. The normalized spacial score (nSPS) is 10.4. The third-order valence-electron chi connectivity index (χ3n) is 3.42. The quantitative estimate of drug-likeness (QED) is 0.328. The van der Waals surface area contributed by atoms with Gasteiger partial charge in [0, 0.05) is 29.2 Å². The molecule has 1 heterocycles. The number of aromatic nitrogens is 2. The Kier molecular flexibility index (Phi) is 7.59. The van der Waals surface area contributed by atoms with Crippen molar-refractivity contribution >= 4 is 29.3 Å². The Hall–Kier alpha value is -2.41. The van der Waals surface area contributed by atoms with Gasteiger partial charge in [-0.1, -0.05) is 11.8 Å². The van der Waals surface area contributed by atoms with E-state index in [-0.39, 0.29) is 11.9 Å². The number of anilines is 1. The first kappa shape index (κ1) is 19.9. The van der Waals surface area contributed by atoms with E-state index >= 15 is 0 Å². The van der Waals surface area contributed by atoms with E-state index in [4.69, 9.17) is 4.74 Å². The molecule has 0 spiro atoms. The molecule has 0 fully saturated rings. The van der Waals surface area contributed by atoms with Gasteiger partial charge in [-0.15, -0.1) is 0 Å². The number of benzene rings is 1. The van der Waals surface area contributed by atoms with Crippen LogP contribution in [0.15, 0.2) is 35.5 Å². The Labute approximate surface area is 157 Å². The monoisotopic (exact) mass is 373 g/mol. The summed E-state index contributed by atoms with van der Waals surface area (Å²) in [5, 5.41) is 3.57. The van der Waals surface area contributed by atoms with Gasteiger partial charge in [-0.05, 0) is 57.5 Å². The van der Waals surface area contributed by atoms with E-state index in [1.165, 1.54) is 0 Å². The van der Waals surface area contributed by atoms with Crippen LogP contribution >= 0.6 is 11.8 Å².